The molecular formula is C23H32IN5O5. The van der Waals surface area contributed by atoms with Gasteiger partial charge >= 0.3 is 12.1 Å². The van der Waals surface area contributed by atoms with Crippen molar-refractivity contribution in [3.63, 3.8) is 0 Å². The standard InChI is InChI=1S/C23H32IN5O5/c1-13-18(28-21(31)34-22(3,4)5)23(12-33-13)6-8-29(9-7-23)20-16(11-32-14(2)30)26-17-15(27-20)10-25-19(17)24/h13,18H,6-12H2,1-5H3,(H,28,31)/t13-,18+/m0/s1. The number of hydrogen-bond donors (Lipinski definition) is 1. The number of carbonyl (C=O) groups excluding carboxylic acids is 2. The maximum absolute atomic E-state index is 12.5. The predicted molar refractivity (Wildman–Crippen MR) is 134 cm³/mol. The van der Waals surface area contributed by atoms with Crippen LogP contribution >= 0.6 is 22.6 Å². The minimum absolute atomic E-state index is 0.0689. The molecule has 1 aromatic heterocycles. The van der Waals surface area contributed by atoms with E-state index in [1.54, 1.807) is 0 Å². The molecule has 4 heterocycles. The van der Waals surface area contributed by atoms with Gasteiger partial charge in [0.2, 0.25) is 0 Å². The van der Waals surface area contributed by atoms with Crippen molar-refractivity contribution in [2.24, 2.45) is 10.4 Å². The summed E-state index contributed by atoms with van der Waals surface area (Å²) in [5.41, 5.74) is 1.50. The molecule has 0 radical (unpaired) electrons. The SMILES string of the molecule is CC(=O)OCc1nc2c(nc1N1CCC3(CC1)CO[C@@H](C)[C@H]3NC(=O)OC(C)(C)C)CN=C2I. The van der Waals surface area contributed by atoms with Crippen molar-refractivity contribution in [3.05, 3.63) is 17.1 Å². The van der Waals surface area contributed by atoms with Crippen LogP contribution in [0, 0.1) is 5.41 Å². The van der Waals surface area contributed by atoms with Gasteiger partial charge in [0.15, 0.2) is 5.82 Å². The van der Waals surface area contributed by atoms with Gasteiger partial charge in [-0.3, -0.25) is 9.79 Å². The Hall–Kier alpha value is -2.02. The molecule has 2 saturated heterocycles. The molecule has 10 nitrogen and oxygen atoms in total. The number of halogens is 1. The number of nitrogens with zero attached hydrogens (tertiary/aromatic N) is 4. The number of hydrogen-bond acceptors (Lipinski definition) is 9. The maximum Gasteiger partial charge on any atom is 0.407 e. The summed E-state index contributed by atoms with van der Waals surface area (Å²) < 4.78 is 17.6. The molecule has 1 amide bonds. The monoisotopic (exact) mass is 585 g/mol. The summed E-state index contributed by atoms with van der Waals surface area (Å²) in [6.07, 6.45) is 1.12. The number of ether oxygens (including phenoxy) is 3. The van der Waals surface area contributed by atoms with Gasteiger partial charge in [-0.15, -0.1) is 0 Å². The van der Waals surface area contributed by atoms with Crippen molar-refractivity contribution in [1.82, 2.24) is 15.3 Å². The lowest BCUT2D eigenvalue weighted by atomic mass is 9.73. The van der Waals surface area contributed by atoms with Crippen molar-refractivity contribution >= 4 is 44.2 Å². The molecule has 3 aliphatic heterocycles. The van der Waals surface area contributed by atoms with Crippen LogP contribution in [0.2, 0.25) is 0 Å². The third-order valence-corrected chi connectivity index (χ3v) is 7.34. The fourth-order valence-electron chi connectivity index (χ4n) is 4.81. The van der Waals surface area contributed by atoms with Gasteiger partial charge in [-0.1, -0.05) is 0 Å². The molecule has 0 aromatic carbocycles. The highest BCUT2D eigenvalue weighted by atomic mass is 127. The molecule has 2 fully saturated rings. The van der Waals surface area contributed by atoms with Crippen LogP contribution in [-0.4, -0.2) is 63.2 Å². The van der Waals surface area contributed by atoms with E-state index < -0.39 is 11.7 Å². The second-order valence-electron chi connectivity index (χ2n) is 10.2. The number of nitrogens with one attached hydrogen (secondary N) is 1. The first-order chi connectivity index (χ1) is 16.0. The van der Waals surface area contributed by atoms with E-state index in [1.807, 2.05) is 27.7 Å². The number of rotatable bonds is 4. The average molecular weight is 585 g/mol. The van der Waals surface area contributed by atoms with Gasteiger partial charge in [0.25, 0.3) is 0 Å². The van der Waals surface area contributed by atoms with Gasteiger partial charge in [0.1, 0.15) is 27.3 Å². The fourth-order valence-corrected chi connectivity index (χ4v) is 5.42. The Morgan fingerprint density at radius 3 is 2.62 bits per heavy atom. The Balaban J connectivity index is 1.51. The number of carbonyl (C=O) groups is 2. The van der Waals surface area contributed by atoms with Crippen molar-refractivity contribution in [1.29, 1.82) is 0 Å². The Morgan fingerprint density at radius 2 is 1.97 bits per heavy atom. The van der Waals surface area contributed by atoms with Gasteiger partial charge < -0.3 is 24.4 Å². The van der Waals surface area contributed by atoms with Crippen LogP contribution in [0.4, 0.5) is 10.6 Å². The molecule has 0 aliphatic carbocycles. The van der Waals surface area contributed by atoms with Crippen molar-refractivity contribution in [2.75, 3.05) is 24.6 Å². The zero-order valence-electron chi connectivity index (χ0n) is 20.3. The molecule has 3 aliphatic rings. The zero-order chi connectivity index (χ0) is 24.7. The van der Waals surface area contributed by atoms with Crippen LogP contribution < -0.4 is 10.2 Å². The molecule has 0 unspecified atom stereocenters. The molecule has 0 saturated carbocycles. The second-order valence-corrected chi connectivity index (χ2v) is 11.2. The Labute approximate surface area is 213 Å². The minimum atomic E-state index is -0.560. The van der Waals surface area contributed by atoms with Crippen LogP contribution in [0.3, 0.4) is 0 Å². The number of fused-ring (bicyclic) bond motifs is 1. The highest BCUT2D eigenvalue weighted by Crippen LogP contribution is 2.43. The summed E-state index contributed by atoms with van der Waals surface area (Å²) in [7, 11) is 0. The van der Waals surface area contributed by atoms with E-state index in [4.69, 9.17) is 24.2 Å². The largest absolute Gasteiger partial charge is 0.459 e. The normalized spacial score (nSPS) is 23.5. The fraction of sp³-hybridized carbons (Fsp3) is 0.696. The van der Waals surface area contributed by atoms with E-state index in [9.17, 15) is 9.59 Å². The summed E-state index contributed by atoms with van der Waals surface area (Å²) in [5.74, 6) is 0.377. The first kappa shape index (κ1) is 25.1. The Morgan fingerprint density at radius 1 is 1.26 bits per heavy atom. The van der Waals surface area contributed by atoms with E-state index in [2.05, 4.69) is 37.8 Å². The predicted octanol–water partition coefficient (Wildman–Crippen LogP) is 3.13. The van der Waals surface area contributed by atoms with Gasteiger partial charge in [-0.25, -0.2) is 14.8 Å². The van der Waals surface area contributed by atoms with Gasteiger partial charge in [-0.2, -0.15) is 0 Å². The third-order valence-electron chi connectivity index (χ3n) is 6.49. The summed E-state index contributed by atoms with van der Waals surface area (Å²) in [5, 5.41) is 3.08. The summed E-state index contributed by atoms with van der Waals surface area (Å²) in [4.78, 5) is 40.2. The maximum atomic E-state index is 12.5. The molecule has 0 bridgehead atoms. The Bertz CT molecular complexity index is 1000. The third kappa shape index (κ3) is 5.29. The van der Waals surface area contributed by atoms with Gasteiger partial charge in [0, 0.05) is 25.4 Å². The van der Waals surface area contributed by atoms with Crippen LogP contribution in [0.15, 0.2) is 4.99 Å². The molecule has 1 spiro atoms. The summed E-state index contributed by atoms with van der Waals surface area (Å²) in [6.45, 7) is 11.5. The Kier molecular flexibility index (Phi) is 7.05. The van der Waals surface area contributed by atoms with E-state index in [0.29, 0.717) is 18.8 Å². The van der Waals surface area contributed by atoms with Crippen LogP contribution in [0.25, 0.3) is 0 Å². The van der Waals surface area contributed by atoms with Crippen molar-refractivity contribution in [2.45, 2.75) is 78.4 Å². The molecule has 4 rings (SSSR count). The zero-order valence-corrected chi connectivity index (χ0v) is 22.5. The topological polar surface area (TPSA) is 115 Å². The molecule has 11 heteroatoms. The van der Waals surface area contributed by atoms with Crippen LogP contribution in [-0.2, 0) is 32.2 Å². The van der Waals surface area contributed by atoms with Crippen molar-refractivity contribution < 1.29 is 23.8 Å². The van der Waals surface area contributed by atoms with Gasteiger partial charge in [0.05, 0.1) is 31.0 Å². The number of alkyl carbamates (subject to hydrolysis) is 1. The first-order valence-electron chi connectivity index (χ1n) is 11.6. The lowest BCUT2D eigenvalue weighted by molar-refractivity contribution is -0.142. The summed E-state index contributed by atoms with van der Waals surface area (Å²) in [6, 6.07) is -0.133. The highest BCUT2D eigenvalue weighted by molar-refractivity contribution is 14.1. The smallest absolute Gasteiger partial charge is 0.407 e. The lowest BCUT2D eigenvalue weighted by Crippen LogP contribution is -2.55. The second kappa shape index (κ2) is 9.56. The van der Waals surface area contributed by atoms with Gasteiger partial charge in [-0.05, 0) is 63.1 Å². The van der Waals surface area contributed by atoms with Crippen LogP contribution in [0.1, 0.15) is 64.5 Å². The molecule has 2 atom stereocenters. The number of anilines is 1. The van der Waals surface area contributed by atoms with E-state index in [-0.39, 0.29) is 30.1 Å². The number of amides is 1. The summed E-state index contributed by atoms with van der Waals surface area (Å²) >= 11 is 2.16. The first-order valence-corrected chi connectivity index (χ1v) is 12.6. The molecular weight excluding hydrogens is 553 g/mol. The lowest BCUT2D eigenvalue weighted by Gasteiger charge is -2.43. The molecule has 186 valence electrons. The van der Waals surface area contributed by atoms with Crippen LogP contribution in [0.5, 0.6) is 0 Å². The van der Waals surface area contributed by atoms with E-state index in [1.165, 1.54) is 6.92 Å². The minimum Gasteiger partial charge on any atom is -0.459 e. The van der Waals surface area contributed by atoms with E-state index in [0.717, 1.165) is 46.9 Å². The quantitative estimate of drug-likeness (QED) is 0.424. The van der Waals surface area contributed by atoms with Crippen molar-refractivity contribution in [3.8, 4) is 0 Å². The molecule has 34 heavy (non-hydrogen) atoms. The molecule has 1 N–H and O–H groups in total. The number of aromatic nitrogens is 2. The van der Waals surface area contributed by atoms with E-state index >= 15 is 0 Å². The highest BCUT2D eigenvalue weighted by Gasteiger charge is 2.50. The average Bonchev–Trinajstić information content (AvgIpc) is 3.26. The number of esters is 1. The number of piperidine rings is 1. The molecule has 1 aromatic rings. The number of aliphatic imine (C=N–C) groups is 1.